The Balaban J connectivity index is -0.000000171. The van der Waals surface area contributed by atoms with E-state index in [2.05, 4.69) is 28.4 Å². The molecule has 0 atom stereocenters. The van der Waals surface area contributed by atoms with Gasteiger partial charge in [-0.15, -0.1) is 0 Å². The van der Waals surface area contributed by atoms with Crippen molar-refractivity contribution < 1.29 is 39.0 Å². The van der Waals surface area contributed by atoms with Crippen LogP contribution in [0.25, 0.3) is 0 Å². The number of hydrogen-bond acceptors (Lipinski definition) is 12. The summed E-state index contributed by atoms with van der Waals surface area (Å²) in [4.78, 5) is 0. The number of hydrogen-bond donors (Lipinski definition) is 0. The molecule has 0 spiro atoms. The van der Waals surface area contributed by atoms with Crippen molar-refractivity contribution in [2.45, 2.75) is 0 Å². The average molecular weight is 485 g/mol. The molecule has 0 fully saturated rings. The van der Waals surface area contributed by atoms with E-state index in [1.54, 1.807) is 42.7 Å². The molecule has 0 radical (unpaired) electrons. The predicted octanol–water partition coefficient (Wildman–Crippen LogP) is 0.936. The van der Waals surface area contributed by atoms with Crippen LogP contribution in [0.5, 0.6) is 0 Å². The quantitative estimate of drug-likeness (QED) is 0.419. The summed E-state index contributed by atoms with van der Waals surface area (Å²) < 4.78 is 27.9. The van der Waals surface area contributed by atoms with Crippen LogP contribution in [0.1, 0.15) is 0 Å². The third kappa shape index (κ3) is 13.2. The van der Waals surface area contributed by atoms with Crippen LogP contribution in [0.15, 0.2) is 0 Å². The van der Waals surface area contributed by atoms with E-state index in [-0.39, 0.29) is 0 Å². The fraction of sp³-hybridized carbons (Fsp3) is 0.667. The molecule has 0 saturated carbocycles. The molecule has 0 aliphatic rings. The van der Waals surface area contributed by atoms with E-state index in [0.717, 1.165) is 30.0 Å². The van der Waals surface area contributed by atoms with Gasteiger partial charge in [0.2, 0.25) is 0 Å². The van der Waals surface area contributed by atoms with E-state index >= 15 is 0 Å². The second-order valence-corrected chi connectivity index (χ2v) is 9.95. The molecule has 0 aromatic heterocycles. The molecule has 0 amide bonds. The van der Waals surface area contributed by atoms with Gasteiger partial charge >= 0.3 is 72.1 Å². The van der Waals surface area contributed by atoms with Gasteiger partial charge < -0.3 is 28.4 Å². The topological polar surface area (TPSA) is 198 Å². The van der Waals surface area contributed by atoms with Crippen molar-refractivity contribution in [2.75, 3.05) is 82.3 Å². The van der Waals surface area contributed by atoms with Gasteiger partial charge in [0, 0.05) is 42.7 Å². The fourth-order valence-corrected chi connectivity index (χ4v) is 1.53. The van der Waals surface area contributed by atoms with Crippen LogP contribution < -0.4 is 0 Å². The van der Waals surface area contributed by atoms with E-state index in [4.69, 9.17) is 31.6 Å². The van der Waals surface area contributed by atoms with Gasteiger partial charge in [-0.05, 0) is 0 Å². The van der Waals surface area contributed by atoms with Gasteiger partial charge in [0.05, 0.1) is 39.6 Å². The second kappa shape index (κ2) is 20.5. The summed E-state index contributed by atoms with van der Waals surface area (Å²) in [6.07, 6.45) is 0. The van der Waals surface area contributed by atoms with Crippen LogP contribution in [-0.4, -0.2) is 82.3 Å². The summed E-state index contributed by atoms with van der Waals surface area (Å²) in [5.74, 6) is 0. The number of ether oxygens (including phenoxy) is 6. The Morgan fingerprint density at radius 3 is 0.548 bits per heavy atom. The molecule has 13 heteroatoms. The normalized spacial score (nSPS) is 10.8. The summed E-state index contributed by atoms with van der Waals surface area (Å²) in [5, 5.41) is 57.6. The molecule has 0 N–H and O–H groups in total. The van der Waals surface area contributed by atoms with Crippen molar-refractivity contribution in [1.29, 1.82) is 31.6 Å². The molecule has 0 rings (SSSR count). The van der Waals surface area contributed by atoms with Crippen molar-refractivity contribution in [1.82, 2.24) is 0 Å². The van der Waals surface area contributed by atoms with Gasteiger partial charge in [-0.25, -0.2) is 0 Å². The van der Waals surface area contributed by atoms with Gasteiger partial charge in [-0.3, -0.25) is 0 Å². The number of methoxy groups -OCH3 is 6. The Morgan fingerprint density at radius 2 is 0.516 bits per heavy atom. The van der Waals surface area contributed by atoms with Gasteiger partial charge in [-0.2, -0.15) is 0 Å². The van der Waals surface area contributed by atoms with Gasteiger partial charge in [0.25, 0.3) is 0 Å². The molecular formula is C18H30CoN6O6. The Labute approximate surface area is 183 Å². The Kier molecular flexibility index (Phi) is 23.5. The molecule has 0 aliphatic heterocycles. The van der Waals surface area contributed by atoms with Crippen LogP contribution in [0, 0.1) is 61.6 Å². The molecule has 0 saturated heterocycles. The number of rotatable bonds is 9. The molecule has 0 aromatic carbocycles. The molecule has 0 aromatic rings. The van der Waals surface area contributed by atoms with E-state index in [9.17, 15) is 0 Å². The Bertz CT molecular complexity index is 561. The molecule has 0 heterocycles. The maximum absolute atomic E-state index is 8.58. The zero-order valence-electron chi connectivity index (χ0n) is 18.7. The van der Waals surface area contributed by atoms with E-state index in [1.807, 2.05) is 0 Å². The zero-order valence-corrected chi connectivity index (χ0v) is 19.7. The van der Waals surface area contributed by atoms with Crippen LogP contribution >= 0.6 is 0 Å². The summed E-state index contributed by atoms with van der Waals surface area (Å²) in [7, 11) is 3.88. The standard InChI is InChI=1S/3C4H10O2.6CN.Co/c3*1-5-3-4-6-2;6*1-2;/h3*3-4H2,1-2H3;;;;;;;. The summed E-state index contributed by atoms with van der Waals surface area (Å²) >= 11 is 0. The maximum atomic E-state index is 8.58. The third-order valence-corrected chi connectivity index (χ3v) is 6.08. The van der Waals surface area contributed by atoms with Crippen molar-refractivity contribution in [3.63, 3.8) is 0 Å². The number of nitriles is 6. The van der Waals surface area contributed by atoms with Crippen molar-refractivity contribution in [3.05, 3.63) is 0 Å². The molecular weight excluding hydrogens is 455 g/mol. The molecule has 31 heavy (non-hydrogen) atoms. The monoisotopic (exact) mass is 485 g/mol. The first kappa shape index (κ1) is 35.6. The second-order valence-electron chi connectivity index (χ2n) is 4.65. The van der Waals surface area contributed by atoms with Crippen molar-refractivity contribution in [2.24, 2.45) is 0 Å². The summed E-state index contributed by atoms with van der Waals surface area (Å²) in [5.41, 5.74) is 0. The van der Waals surface area contributed by atoms with E-state index < -0.39 is 10.5 Å². The summed E-state index contributed by atoms with van der Waals surface area (Å²) in [6.45, 7) is 4.15. The molecule has 0 aliphatic carbocycles. The SMILES string of the molecule is COCCOC.COCCOC.COCCOC.N#[C][Co]([C]#N)([C]#N)([C]#N)([C]#N)[C]#N. The molecule has 0 unspecified atom stereocenters. The van der Waals surface area contributed by atoms with Crippen molar-refractivity contribution in [3.8, 4) is 30.0 Å². The Hall–Kier alpha value is -2.79. The molecule has 177 valence electrons. The predicted molar refractivity (Wildman–Crippen MR) is 105 cm³/mol. The van der Waals surface area contributed by atoms with Crippen LogP contribution in [0.2, 0.25) is 0 Å². The first-order valence-corrected chi connectivity index (χ1v) is 11.1. The summed E-state index contributed by atoms with van der Waals surface area (Å²) in [6, 6.07) is 0. The fourth-order valence-electron chi connectivity index (χ4n) is 0.750. The molecule has 0 bridgehead atoms. The van der Waals surface area contributed by atoms with E-state index in [1.165, 1.54) is 0 Å². The van der Waals surface area contributed by atoms with Gasteiger partial charge in [-0.1, -0.05) is 0 Å². The zero-order chi connectivity index (χ0) is 25.1. The Morgan fingerprint density at radius 1 is 0.387 bits per heavy atom. The van der Waals surface area contributed by atoms with Gasteiger partial charge in [0.15, 0.2) is 0 Å². The first-order chi connectivity index (χ1) is 14.7. The van der Waals surface area contributed by atoms with Crippen LogP contribution in [0.3, 0.4) is 0 Å². The third-order valence-electron chi connectivity index (χ3n) is 2.59. The van der Waals surface area contributed by atoms with Crippen molar-refractivity contribution >= 4 is 0 Å². The van der Waals surface area contributed by atoms with E-state index in [0.29, 0.717) is 39.6 Å². The average Bonchev–Trinajstić information content (AvgIpc) is 2.85. The first-order valence-electron chi connectivity index (χ1n) is 8.02. The molecule has 12 nitrogen and oxygen atoms in total. The minimum atomic E-state index is -6.03. The van der Waals surface area contributed by atoms with Crippen LogP contribution in [-0.2, 0) is 39.0 Å². The van der Waals surface area contributed by atoms with Gasteiger partial charge in [0.1, 0.15) is 0 Å². The minimum absolute atomic E-state index is 0.691. The van der Waals surface area contributed by atoms with Crippen LogP contribution in [0.4, 0.5) is 0 Å². The number of nitrogens with zero attached hydrogens (tertiary/aromatic N) is 6.